The van der Waals surface area contributed by atoms with Crippen molar-refractivity contribution in [2.75, 3.05) is 18.1 Å². The van der Waals surface area contributed by atoms with E-state index in [0.29, 0.717) is 23.7 Å². The summed E-state index contributed by atoms with van der Waals surface area (Å²) in [6.45, 7) is 2.24. The summed E-state index contributed by atoms with van der Waals surface area (Å²) in [5.41, 5.74) is 0.934. The highest BCUT2D eigenvalue weighted by Gasteiger charge is 2.35. The number of carbonyl (C=O) groups is 1. The van der Waals surface area contributed by atoms with Crippen molar-refractivity contribution in [1.29, 1.82) is 0 Å². The third kappa shape index (κ3) is 3.47. The first-order chi connectivity index (χ1) is 11.4. The Morgan fingerprint density at radius 2 is 2.08 bits per heavy atom. The standard InChI is InChI=1S/C16H17ClN2O4S/c1-2-19(13-7-8-24(21,22)10-13)16(20)14-9-15(23-18-14)11-3-5-12(17)6-4-11/h3-6,9,13H,2,7-8,10H2,1H3. The maximum absolute atomic E-state index is 12.7. The summed E-state index contributed by atoms with van der Waals surface area (Å²) in [5.74, 6) is 0.277. The SMILES string of the molecule is CCN(C(=O)c1cc(-c2ccc(Cl)cc2)on1)C1CCS(=O)(=O)C1. The van der Waals surface area contributed by atoms with E-state index in [1.54, 1.807) is 35.2 Å². The van der Waals surface area contributed by atoms with E-state index in [0.717, 1.165) is 5.56 Å². The first-order valence-corrected chi connectivity index (χ1v) is 9.83. The first kappa shape index (κ1) is 17.0. The van der Waals surface area contributed by atoms with E-state index in [4.69, 9.17) is 16.1 Å². The van der Waals surface area contributed by atoms with Gasteiger partial charge in [0.15, 0.2) is 21.3 Å². The molecule has 1 aliphatic heterocycles. The van der Waals surface area contributed by atoms with Crippen LogP contribution < -0.4 is 0 Å². The summed E-state index contributed by atoms with van der Waals surface area (Å²) in [6, 6.07) is 8.27. The molecule has 0 spiro atoms. The van der Waals surface area contributed by atoms with Crippen LogP contribution >= 0.6 is 11.6 Å². The van der Waals surface area contributed by atoms with Gasteiger partial charge in [-0.05, 0) is 37.6 Å². The smallest absolute Gasteiger partial charge is 0.276 e. The van der Waals surface area contributed by atoms with E-state index in [9.17, 15) is 13.2 Å². The molecule has 3 rings (SSSR count). The Balaban J connectivity index is 1.80. The molecule has 0 bridgehead atoms. The number of rotatable bonds is 4. The van der Waals surface area contributed by atoms with Gasteiger partial charge in [-0.25, -0.2) is 8.42 Å². The topological polar surface area (TPSA) is 80.5 Å². The zero-order valence-electron chi connectivity index (χ0n) is 13.1. The molecule has 1 fully saturated rings. The van der Waals surface area contributed by atoms with E-state index >= 15 is 0 Å². The number of sulfone groups is 1. The van der Waals surface area contributed by atoms with Gasteiger partial charge in [-0.3, -0.25) is 4.79 Å². The highest BCUT2D eigenvalue weighted by atomic mass is 35.5. The van der Waals surface area contributed by atoms with E-state index in [2.05, 4.69) is 5.16 Å². The van der Waals surface area contributed by atoms with Gasteiger partial charge in [-0.2, -0.15) is 0 Å². The summed E-state index contributed by atoms with van der Waals surface area (Å²) < 4.78 is 28.6. The van der Waals surface area contributed by atoms with E-state index in [1.807, 2.05) is 6.92 Å². The Hall–Kier alpha value is -1.86. The molecule has 6 nitrogen and oxygen atoms in total. The molecule has 128 valence electrons. The molecule has 1 aromatic carbocycles. The summed E-state index contributed by atoms with van der Waals surface area (Å²) >= 11 is 5.85. The van der Waals surface area contributed by atoms with Gasteiger partial charge < -0.3 is 9.42 Å². The summed E-state index contributed by atoms with van der Waals surface area (Å²) in [7, 11) is -3.06. The fourth-order valence-corrected chi connectivity index (χ4v) is 4.72. The lowest BCUT2D eigenvalue weighted by molar-refractivity contribution is 0.0698. The molecule has 1 aromatic heterocycles. The summed E-state index contributed by atoms with van der Waals surface area (Å²) in [4.78, 5) is 14.2. The van der Waals surface area contributed by atoms with Crippen molar-refractivity contribution in [2.24, 2.45) is 0 Å². The van der Waals surface area contributed by atoms with E-state index in [-0.39, 0.29) is 29.1 Å². The van der Waals surface area contributed by atoms with E-state index in [1.165, 1.54) is 0 Å². The first-order valence-electron chi connectivity index (χ1n) is 7.63. The van der Waals surface area contributed by atoms with Crippen molar-refractivity contribution >= 4 is 27.3 Å². The van der Waals surface area contributed by atoms with Crippen molar-refractivity contribution < 1.29 is 17.7 Å². The molecule has 2 heterocycles. The van der Waals surface area contributed by atoms with Gasteiger partial charge in [-0.15, -0.1) is 0 Å². The van der Waals surface area contributed by atoms with Crippen molar-refractivity contribution in [3.63, 3.8) is 0 Å². The van der Waals surface area contributed by atoms with Crippen molar-refractivity contribution in [3.8, 4) is 11.3 Å². The third-order valence-corrected chi connectivity index (χ3v) is 6.11. The average Bonchev–Trinajstić information content (AvgIpc) is 3.16. The Bertz CT molecular complexity index is 845. The summed E-state index contributed by atoms with van der Waals surface area (Å²) in [5, 5.41) is 4.45. The van der Waals surface area contributed by atoms with Crippen LogP contribution in [0.4, 0.5) is 0 Å². The maximum Gasteiger partial charge on any atom is 0.276 e. The molecule has 0 aliphatic carbocycles. The Morgan fingerprint density at radius 1 is 1.38 bits per heavy atom. The van der Waals surface area contributed by atoms with Crippen LogP contribution in [0.2, 0.25) is 5.02 Å². The molecule has 2 aromatic rings. The fourth-order valence-electron chi connectivity index (χ4n) is 2.86. The number of hydrogen-bond acceptors (Lipinski definition) is 5. The third-order valence-electron chi connectivity index (χ3n) is 4.11. The lowest BCUT2D eigenvalue weighted by atomic mass is 10.1. The zero-order valence-corrected chi connectivity index (χ0v) is 14.7. The van der Waals surface area contributed by atoms with Crippen LogP contribution in [0.5, 0.6) is 0 Å². The number of halogens is 1. The second-order valence-corrected chi connectivity index (χ2v) is 8.40. The highest BCUT2D eigenvalue weighted by molar-refractivity contribution is 7.91. The van der Waals surface area contributed by atoms with Gasteiger partial charge in [-0.1, -0.05) is 16.8 Å². The van der Waals surface area contributed by atoms with Crippen molar-refractivity contribution in [2.45, 2.75) is 19.4 Å². The minimum absolute atomic E-state index is 0.00841. The lowest BCUT2D eigenvalue weighted by Gasteiger charge is -2.25. The molecule has 0 saturated carbocycles. The van der Waals surface area contributed by atoms with Gasteiger partial charge in [0.05, 0.1) is 11.5 Å². The molecule has 0 radical (unpaired) electrons. The molecular weight excluding hydrogens is 352 g/mol. The average molecular weight is 369 g/mol. The number of aromatic nitrogens is 1. The minimum atomic E-state index is -3.06. The van der Waals surface area contributed by atoms with Crippen LogP contribution in [0.25, 0.3) is 11.3 Å². The molecule has 1 aliphatic rings. The number of amides is 1. The largest absolute Gasteiger partial charge is 0.355 e. The van der Waals surface area contributed by atoms with Crippen LogP contribution in [0.3, 0.4) is 0 Å². The molecule has 8 heteroatoms. The van der Waals surface area contributed by atoms with Crippen LogP contribution in [-0.2, 0) is 9.84 Å². The molecule has 24 heavy (non-hydrogen) atoms. The summed E-state index contributed by atoms with van der Waals surface area (Å²) in [6.07, 6.45) is 0.462. The zero-order chi connectivity index (χ0) is 17.3. The molecule has 1 saturated heterocycles. The quantitative estimate of drug-likeness (QED) is 0.828. The van der Waals surface area contributed by atoms with Crippen LogP contribution in [0, 0.1) is 0 Å². The van der Waals surface area contributed by atoms with Gasteiger partial charge >= 0.3 is 0 Å². The van der Waals surface area contributed by atoms with Crippen LogP contribution in [-0.4, -0.2) is 48.5 Å². The fraction of sp³-hybridized carbons (Fsp3) is 0.375. The number of carbonyl (C=O) groups excluding carboxylic acids is 1. The molecule has 1 amide bonds. The maximum atomic E-state index is 12.7. The second-order valence-electron chi connectivity index (χ2n) is 5.73. The van der Waals surface area contributed by atoms with Gasteiger partial charge in [0.2, 0.25) is 0 Å². The second kappa shape index (κ2) is 6.57. The Labute approximate surface area is 145 Å². The van der Waals surface area contributed by atoms with Gasteiger partial charge in [0.25, 0.3) is 5.91 Å². The van der Waals surface area contributed by atoms with Crippen LogP contribution in [0.15, 0.2) is 34.9 Å². The van der Waals surface area contributed by atoms with E-state index < -0.39 is 9.84 Å². The normalized spacial score (nSPS) is 19.3. The van der Waals surface area contributed by atoms with Crippen molar-refractivity contribution in [3.05, 3.63) is 41.0 Å². The molecule has 1 atom stereocenters. The molecular formula is C16H17ClN2O4S. The molecule has 1 unspecified atom stereocenters. The van der Waals surface area contributed by atoms with Gasteiger partial charge in [0, 0.05) is 29.2 Å². The van der Waals surface area contributed by atoms with Gasteiger partial charge in [0.1, 0.15) is 0 Å². The number of nitrogens with zero attached hydrogens (tertiary/aromatic N) is 2. The van der Waals surface area contributed by atoms with Crippen LogP contribution in [0.1, 0.15) is 23.8 Å². The molecule has 0 N–H and O–H groups in total. The Morgan fingerprint density at radius 3 is 2.67 bits per heavy atom. The number of hydrogen-bond donors (Lipinski definition) is 0. The minimum Gasteiger partial charge on any atom is -0.355 e. The monoisotopic (exact) mass is 368 g/mol. The Kier molecular flexibility index (Phi) is 4.64. The lowest BCUT2D eigenvalue weighted by Crippen LogP contribution is -2.41. The highest BCUT2D eigenvalue weighted by Crippen LogP contribution is 2.24. The predicted molar refractivity (Wildman–Crippen MR) is 90.7 cm³/mol. The predicted octanol–water partition coefficient (Wildman–Crippen LogP) is 2.64. The number of benzene rings is 1. The van der Waals surface area contributed by atoms with Crippen molar-refractivity contribution in [1.82, 2.24) is 10.1 Å².